The van der Waals surface area contributed by atoms with E-state index in [-0.39, 0.29) is 12.0 Å². The van der Waals surface area contributed by atoms with Gasteiger partial charge in [0.1, 0.15) is 0 Å². The molecule has 1 amide bonds. The van der Waals surface area contributed by atoms with E-state index in [1.807, 2.05) is 0 Å². The maximum atomic E-state index is 10.9. The minimum Gasteiger partial charge on any atom is -0.393 e. The first-order chi connectivity index (χ1) is 5.25. The summed E-state index contributed by atoms with van der Waals surface area (Å²) in [6.07, 6.45) is 3.08. The summed E-state index contributed by atoms with van der Waals surface area (Å²) < 4.78 is 0. The van der Waals surface area contributed by atoms with Crippen LogP contribution in [0.3, 0.4) is 0 Å². The van der Waals surface area contributed by atoms with Crippen LogP contribution in [0.1, 0.15) is 25.7 Å². The number of carbonyl (C=O) groups excluding carboxylic acids is 1. The number of aliphatic hydroxyl groups excluding tert-OH is 1. The minimum absolute atomic E-state index is 0.161. The van der Waals surface area contributed by atoms with Gasteiger partial charge in [-0.2, -0.15) is 0 Å². The maximum Gasteiger partial charge on any atom is 0.220 e. The molecule has 0 unspecified atom stereocenters. The molecule has 2 aliphatic rings. The zero-order chi connectivity index (χ0) is 7.84. The lowest BCUT2D eigenvalue weighted by Crippen LogP contribution is -2.35. The van der Waals surface area contributed by atoms with Gasteiger partial charge in [-0.25, -0.2) is 0 Å². The van der Waals surface area contributed by atoms with Crippen molar-refractivity contribution in [1.29, 1.82) is 0 Å². The molecule has 0 aromatic heterocycles. The lowest BCUT2D eigenvalue weighted by atomic mass is 9.84. The summed E-state index contributed by atoms with van der Waals surface area (Å²) in [5.74, 6) is 0.570. The molecule has 3 heteroatoms. The van der Waals surface area contributed by atoms with Gasteiger partial charge in [-0.3, -0.25) is 4.79 Å². The summed E-state index contributed by atoms with van der Waals surface area (Å²) in [4.78, 5) is 10.9. The van der Waals surface area contributed by atoms with Crippen LogP contribution in [0.2, 0.25) is 0 Å². The fraction of sp³-hybridized carbons (Fsp3) is 0.875. The van der Waals surface area contributed by atoms with E-state index in [1.54, 1.807) is 0 Å². The highest BCUT2D eigenvalue weighted by Crippen LogP contribution is 2.30. The maximum absolute atomic E-state index is 10.9. The molecule has 1 heterocycles. The van der Waals surface area contributed by atoms with E-state index in [1.165, 1.54) is 0 Å². The number of carbonyl (C=O) groups is 1. The van der Waals surface area contributed by atoms with Crippen LogP contribution in [0.15, 0.2) is 0 Å². The average molecular weight is 155 g/mol. The van der Waals surface area contributed by atoms with E-state index < -0.39 is 0 Å². The molecule has 2 N–H and O–H groups in total. The van der Waals surface area contributed by atoms with Crippen molar-refractivity contribution in [2.75, 3.05) is 0 Å². The first-order valence-corrected chi connectivity index (χ1v) is 4.23. The molecule has 2 rings (SSSR count). The van der Waals surface area contributed by atoms with Gasteiger partial charge < -0.3 is 10.4 Å². The molecule has 1 aliphatic heterocycles. The second kappa shape index (κ2) is 2.48. The van der Waals surface area contributed by atoms with Gasteiger partial charge in [0.15, 0.2) is 0 Å². The van der Waals surface area contributed by atoms with Crippen LogP contribution in [0.5, 0.6) is 0 Å². The van der Waals surface area contributed by atoms with Crippen LogP contribution in [-0.2, 0) is 4.79 Å². The smallest absolute Gasteiger partial charge is 0.220 e. The molecule has 3 nitrogen and oxygen atoms in total. The number of nitrogens with one attached hydrogen (secondary N) is 1. The van der Waals surface area contributed by atoms with Crippen molar-refractivity contribution in [3.05, 3.63) is 0 Å². The number of amides is 1. The number of fused-ring (bicyclic) bond motifs is 1. The summed E-state index contributed by atoms with van der Waals surface area (Å²) in [7, 11) is 0. The summed E-state index contributed by atoms with van der Waals surface area (Å²) >= 11 is 0. The highest BCUT2D eigenvalue weighted by atomic mass is 16.3. The molecule has 62 valence electrons. The number of hydrogen-bond acceptors (Lipinski definition) is 2. The van der Waals surface area contributed by atoms with Crippen LogP contribution in [-0.4, -0.2) is 23.2 Å². The van der Waals surface area contributed by atoms with Gasteiger partial charge >= 0.3 is 0 Å². The van der Waals surface area contributed by atoms with Gasteiger partial charge in [-0.05, 0) is 25.2 Å². The Kier molecular flexibility index (Phi) is 1.60. The number of rotatable bonds is 0. The number of hydrogen-bond donors (Lipinski definition) is 2. The molecule has 1 saturated carbocycles. The summed E-state index contributed by atoms with van der Waals surface area (Å²) in [5.41, 5.74) is 0. The Morgan fingerprint density at radius 2 is 2.27 bits per heavy atom. The summed E-state index contributed by atoms with van der Waals surface area (Å²) in [6, 6.07) is 0.367. The lowest BCUT2D eigenvalue weighted by molar-refractivity contribution is -0.119. The molecular formula is C8H13NO2. The van der Waals surface area contributed by atoms with Crippen LogP contribution >= 0.6 is 0 Å². The Hall–Kier alpha value is -0.570. The van der Waals surface area contributed by atoms with E-state index in [4.69, 9.17) is 0 Å². The van der Waals surface area contributed by atoms with Crippen LogP contribution in [0.4, 0.5) is 0 Å². The van der Waals surface area contributed by atoms with Gasteiger partial charge in [0, 0.05) is 12.5 Å². The molecule has 0 aromatic carbocycles. The van der Waals surface area contributed by atoms with E-state index in [9.17, 15) is 9.90 Å². The van der Waals surface area contributed by atoms with Crippen molar-refractivity contribution in [3.8, 4) is 0 Å². The lowest BCUT2D eigenvalue weighted by Gasteiger charge is -2.27. The third kappa shape index (κ3) is 1.25. The van der Waals surface area contributed by atoms with Gasteiger partial charge in [0.25, 0.3) is 0 Å². The molecule has 2 fully saturated rings. The van der Waals surface area contributed by atoms with Crippen molar-refractivity contribution in [2.24, 2.45) is 5.92 Å². The van der Waals surface area contributed by atoms with Crippen LogP contribution in [0.25, 0.3) is 0 Å². The first kappa shape index (κ1) is 7.10. The molecule has 11 heavy (non-hydrogen) atoms. The molecule has 1 saturated heterocycles. The summed E-state index contributed by atoms with van der Waals surface area (Å²) in [5, 5.41) is 12.2. The summed E-state index contributed by atoms with van der Waals surface area (Å²) in [6.45, 7) is 0. The third-order valence-electron chi connectivity index (χ3n) is 2.75. The van der Waals surface area contributed by atoms with Gasteiger partial charge in [-0.15, -0.1) is 0 Å². The SMILES string of the molecule is O=C1C[C@@H]2C[C@@H](O)CC[C@@H]2N1. The van der Waals surface area contributed by atoms with E-state index >= 15 is 0 Å². The Labute approximate surface area is 65.8 Å². The molecular weight excluding hydrogens is 142 g/mol. The molecule has 0 bridgehead atoms. The van der Waals surface area contributed by atoms with E-state index in [0.29, 0.717) is 18.4 Å². The largest absolute Gasteiger partial charge is 0.393 e. The Bertz CT molecular complexity index is 181. The van der Waals surface area contributed by atoms with Gasteiger partial charge in [-0.1, -0.05) is 0 Å². The van der Waals surface area contributed by atoms with Crippen molar-refractivity contribution < 1.29 is 9.90 Å². The first-order valence-electron chi connectivity index (χ1n) is 4.23. The van der Waals surface area contributed by atoms with Crippen LogP contribution < -0.4 is 5.32 Å². The second-order valence-electron chi connectivity index (χ2n) is 3.61. The van der Waals surface area contributed by atoms with E-state index in [2.05, 4.69) is 5.32 Å². The van der Waals surface area contributed by atoms with E-state index in [0.717, 1.165) is 19.3 Å². The zero-order valence-corrected chi connectivity index (χ0v) is 6.42. The predicted molar refractivity (Wildman–Crippen MR) is 39.9 cm³/mol. The number of aliphatic hydroxyl groups is 1. The molecule has 0 aromatic rings. The van der Waals surface area contributed by atoms with Crippen molar-refractivity contribution in [3.63, 3.8) is 0 Å². The van der Waals surface area contributed by atoms with Gasteiger partial charge in [0.05, 0.1) is 6.10 Å². The monoisotopic (exact) mass is 155 g/mol. The fourth-order valence-electron chi connectivity index (χ4n) is 2.16. The normalized spacial score (nSPS) is 43.4. The Morgan fingerprint density at radius 1 is 1.45 bits per heavy atom. The second-order valence-corrected chi connectivity index (χ2v) is 3.61. The van der Waals surface area contributed by atoms with Gasteiger partial charge in [0.2, 0.25) is 5.91 Å². The highest BCUT2D eigenvalue weighted by molar-refractivity contribution is 5.79. The van der Waals surface area contributed by atoms with Crippen molar-refractivity contribution in [2.45, 2.75) is 37.8 Å². The van der Waals surface area contributed by atoms with Crippen LogP contribution in [0, 0.1) is 5.92 Å². The highest BCUT2D eigenvalue weighted by Gasteiger charge is 2.36. The minimum atomic E-state index is -0.163. The molecule has 1 aliphatic carbocycles. The average Bonchev–Trinajstić information content (AvgIpc) is 2.27. The molecule has 0 spiro atoms. The molecule has 3 atom stereocenters. The Balaban J connectivity index is 2.02. The van der Waals surface area contributed by atoms with Crippen molar-refractivity contribution in [1.82, 2.24) is 5.32 Å². The Morgan fingerprint density at radius 3 is 3.09 bits per heavy atom. The molecule has 0 radical (unpaired) electrons. The van der Waals surface area contributed by atoms with Crippen molar-refractivity contribution >= 4 is 5.91 Å². The fourth-order valence-corrected chi connectivity index (χ4v) is 2.16. The third-order valence-corrected chi connectivity index (χ3v) is 2.75. The zero-order valence-electron chi connectivity index (χ0n) is 6.42. The predicted octanol–water partition coefficient (Wildman–Crippen LogP) is 0.0359. The quantitative estimate of drug-likeness (QED) is 0.518. The topological polar surface area (TPSA) is 49.3 Å². The standard InChI is InChI=1S/C8H13NO2/c10-6-1-2-7-5(3-6)4-8(11)9-7/h5-7,10H,1-4H2,(H,9,11)/t5-,6-,7-/m0/s1.